The van der Waals surface area contributed by atoms with Crippen LogP contribution in [0.25, 0.3) is 0 Å². The molecule has 0 aliphatic rings. The molecule has 0 fully saturated rings. The van der Waals surface area contributed by atoms with Crippen molar-refractivity contribution >= 4 is 11.4 Å². The van der Waals surface area contributed by atoms with E-state index in [9.17, 15) is 0 Å². The van der Waals surface area contributed by atoms with Crippen molar-refractivity contribution in [3.8, 4) is 11.5 Å². The largest absolute Gasteiger partial charge is 0.493 e. The number of hydrogen-bond acceptors (Lipinski definition) is 4. The topological polar surface area (TPSA) is 42.5 Å². The Kier molecular flexibility index (Phi) is 10.3. The van der Waals surface area contributed by atoms with Crippen LogP contribution in [0.5, 0.6) is 11.5 Å². The molecule has 2 aromatic carbocycles. The van der Waals surface area contributed by atoms with Gasteiger partial charge in [-0.1, -0.05) is 26.7 Å². The van der Waals surface area contributed by atoms with Crippen LogP contribution in [0.4, 0.5) is 11.4 Å². The standard InChI is InChI=1S/C25H38N2O2/c1-5-8-20(3)26-22-10-14-24(15-11-22)28-18-7-19-29-25-16-12-23(13-17-25)27-21(4)9-6-2/h10-17,20-21,26-27H,5-9,18-19H2,1-4H3. The average Bonchev–Trinajstić information content (AvgIpc) is 2.70. The fraction of sp³-hybridized carbons (Fsp3) is 0.520. The van der Waals surface area contributed by atoms with Crippen molar-refractivity contribution in [2.24, 2.45) is 0 Å². The number of benzene rings is 2. The maximum Gasteiger partial charge on any atom is 0.119 e. The summed E-state index contributed by atoms with van der Waals surface area (Å²) >= 11 is 0. The van der Waals surface area contributed by atoms with Gasteiger partial charge in [0.05, 0.1) is 13.2 Å². The quantitative estimate of drug-likeness (QED) is 0.346. The zero-order valence-corrected chi connectivity index (χ0v) is 18.5. The van der Waals surface area contributed by atoms with Gasteiger partial charge in [-0.3, -0.25) is 0 Å². The summed E-state index contributed by atoms with van der Waals surface area (Å²) in [4.78, 5) is 0. The highest BCUT2D eigenvalue weighted by Gasteiger charge is 2.02. The van der Waals surface area contributed by atoms with Crippen molar-refractivity contribution in [2.45, 2.75) is 71.9 Å². The molecule has 4 nitrogen and oxygen atoms in total. The highest BCUT2D eigenvalue weighted by Crippen LogP contribution is 2.19. The monoisotopic (exact) mass is 398 g/mol. The van der Waals surface area contributed by atoms with Gasteiger partial charge in [-0.2, -0.15) is 0 Å². The lowest BCUT2D eigenvalue weighted by molar-refractivity contribution is 0.247. The fourth-order valence-electron chi connectivity index (χ4n) is 3.31. The lowest BCUT2D eigenvalue weighted by Crippen LogP contribution is -2.14. The Morgan fingerprint density at radius 1 is 0.655 bits per heavy atom. The molecule has 160 valence electrons. The van der Waals surface area contributed by atoms with Crippen LogP contribution in [0, 0.1) is 0 Å². The molecule has 0 saturated heterocycles. The maximum absolute atomic E-state index is 5.82. The first-order chi connectivity index (χ1) is 14.1. The second-order valence-corrected chi connectivity index (χ2v) is 7.77. The molecule has 0 bridgehead atoms. The van der Waals surface area contributed by atoms with Crippen LogP contribution in [-0.4, -0.2) is 25.3 Å². The Labute approximate surface area is 177 Å². The van der Waals surface area contributed by atoms with E-state index in [0.717, 1.165) is 29.3 Å². The molecule has 0 aromatic heterocycles. The molecular formula is C25H38N2O2. The van der Waals surface area contributed by atoms with Crippen LogP contribution < -0.4 is 20.1 Å². The summed E-state index contributed by atoms with van der Waals surface area (Å²) in [5.74, 6) is 1.80. The van der Waals surface area contributed by atoms with Crippen molar-refractivity contribution < 1.29 is 9.47 Å². The lowest BCUT2D eigenvalue weighted by Gasteiger charge is -2.15. The Morgan fingerprint density at radius 3 is 1.38 bits per heavy atom. The van der Waals surface area contributed by atoms with E-state index in [-0.39, 0.29) is 0 Å². The van der Waals surface area contributed by atoms with E-state index < -0.39 is 0 Å². The second-order valence-electron chi connectivity index (χ2n) is 7.77. The third-order valence-corrected chi connectivity index (χ3v) is 4.80. The Bertz CT molecular complexity index is 611. The van der Waals surface area contributed by atoms with Gasteiger partial charge in [-0.05, 0) is 75.2 Å². The summed E-state index contributed by atoms with van der Waals surface area (Å²) < 4.78 is 11.6. The summed E-state index contributed by atoms with van der Waals surface area (Å²) in [6, 6.07) is 17.4. The summed E-state index contributed by atoms with van der Waals surface area (Å²) in [6.45, 7) is 10.1. The Morgan fingerprint density at radius 2 is 1.03 bits per heavy atom. The van der Waals surface area contributed by atoms with E-state index in [1.807, 2.05) is 24.3 Å². The maximum atomic E-state index is 5.82. The fourth-order valence-corrected chi connectivity index (χ4v) is 3.31. The van der Waals surface area contributed by atoms with Gasteiger partial charge in [-0.15, -0.1) is 0 Å². The van der Waals surface area contributed by atoms with Gasteiger partial charge in [0, 0.05) is 29.9 Å². The SMILES string of the molecule is CCCC(C)Nc1ccc(OCCCOc2ccc(NC(C)CCC)cc2)cc1. The molecule has 4 heteroatoms. The molecule has 0 saturated carbocycles. The van der Waals surface area contributed by atoms with Gasteiger partial charge in [0.25, 0.3) is 0 Å². The van der Waals surface area contributed by atoms with E-state index in [1.54, 1.807) is 0 Å². The van der Waals surface area contributed by atoms with E-state index in [4.69, 9.17) is 9.47 Å². The first-order valence-corrected chi connectivity index (χ1v) is 11.1. The average molecular weight is 399 g/mol. The van der Waals surface area contributed by atoms with E-state index in [1.165, 1.54) is 25.7 Å². The number of rotatable bonds is 14. The van der Waals surface area contributed by atoms with Crippen molar-refractivity contribution in [3.05, 3.63) is 48.5 Å². The van der Waals surface area contributed by atoms with Crippen LogP contribution in [0.3, 0.4) is 0 Å². The minimum Gasteiger partial charge on any atom is -0.493 e. The first kappa shape index (κ1) is 22.9. The molecule has 0 aliphatic heterocycles. The number of anilines is 2. The van der Waals surface area contributed by atoms with Crippen molar-refractivity contribution in [1.82, 2.24) is 0 Å². The summed E-state index contributed by atoms with van der Waals surface area (Å²) in [6.07, 6.45) is 5.58. The zero-order valence-electron chi connectivity index (χ0n) is 18.5. The minimum atomic E-state index is 0.494. The molecular weight excluding hydrogens is 360 g/mol. The predicted octanol–water partition coefficient (Wildman–Crippen LogP) is 6.74. The summed E-state index contributed by atoms with van der Waals surface area (Å²) in [5.41, 5.74) is 2.28. The molecule has 0 spiro atoms. The highest BCUT2D eigenvalue weighted by molar-refractivity contribution is 5.47. The van der Waals surface area contributed by atoms with E-state index >= 15 is 0 Å². The van der Waals surface area contributed by atoms with Gasteiger partial charge in [0.1, 0.15) is 11.5 Å². The molecule has 0 amide bonds. The van der Waals surface area contributed by atoms with Gasteiger partial charge in [0.15, 0.2) is 0 Å². The van der Waals surface area contributed by atoms with Crippen LogP contribution in [0.2, 0.25) is 0 Å². The van der Waals surface area contributed by atoms with Crippen molar-refractivity contribution in [2.75, 3.05) is 23.8 Å². The molecule has 2 N–H and O–H groups in total. The smallest absolute Gasteiger partial charge is 0.119 e. The number of nitrogens with one attached hydrogen (secondary N) is 2. The van der Waals surface area contributed by atoms with Crippen LogP contribution >= 0.6 is 0 Å². The first-order valence-electron chi connectivity index (χ1n) is 11.1. The van der Waals surface area contributed by atoms with Gasteiger partial charge < -0.3 is 20.1 Å². The molecule has 0 aliphatic carbocycles. The minimum absolute atomic E-state index is 0.494. The molecule has 2 rings (SSSR count). The molecule has 29 heavy (non-hydrogen) atoms. The Balaban J connectivity index is 1.63. The summed E-state index contributed by atoms with van der Waals surface area (Å²) in [5, 5.41) is 7.01. The van der Waals surface area contributed by atoms with E-state index in [0.29, 0.717) is 25.3 Å². The zero-order chi connectivity index (χ0) is 20.9. The molecule has 0 heterocycles. The van der Waals surface area contributed by atoms with Gasteiger partial charge in [0.2, 0.25) is 0 Å². The summed E-state index contributed by atoms with van der Waals surface area (Å²) in [7, 11) is 0. The number of hydrogen-bond donors (Lipinski definition) is 2. The molecule has 2 aromatic rings. The number of ether oxygens (including phenoxy) is 2. The molecule has 0 radical (unpaired) electrons. The molecule has 2 unspecified atom stereocenters. The van der Waals surface area contributed by atoms with Crippen LogP contribution in [0.1, 0.15) is 59.8 Å². The van der Waals surface area contributed by atoms with Crippen molar-refractivity contribution in [1.29, 1.82) is 0 Å². The van der Waals surface area contributed by atoms with Crippen LogP contribution in [-0.2, 0) is 0 Å². The van der Waals surface area contributed by atoms with Crippen LogP contribution in [0.15, 0.2) is 48.5 Å². The van der Waals surface area contributed by atoms with E-state index in [2.05, 4.69) is 62.6 Å². The second kappa shape index (κ2) is 13.0. The predicted molar refractivity (Wildman–Crippen MR) is 124 cm³/mol. The normalized spacial score (nSPS) is 12.8. The third kappa shape index (κ3) is 9.12. The Hall–Kier alpha value is -2.36. The van der Waals surface area contributed by atoms with Gasteiger partial charge in [-0.25, -0.2) is 0 Å². The van der Waals surface area contributed by atoms with Crippen molar-refractivity contribution in [3.63, 3.8) is 0 Å². The molecule has 2 atom stereocenters. The third-order valence-electron chi connectivity index (χ3n) is 4.80. The lowest BCUT2D eigenvalue weighted by atomic mass is 10.2. The highest BCUT2D eigenvalue weighted by atomic mass is 16.5. The van der Waals surface area contributed by atoms with Gasteiger partial charge >= 0.3 is 0 Å².